The summed E-state index contributed by atoms with van der Waals surface area (Å²) in [4.78, 5) is 12.1. The number of ether oxygens (including phenoxy) is 1. The molecule has 2 rings (SSSR count). The first-order valence-electron chi connectivity index (χ1n) is 5.97. The Labute approximate surface area is 127 Å². The van der Waals surface area contributed by atoms with Crippen molar-refractivity contribution in [1.82, 2.24) is 5.32 Å². The highest BCUT2D eigenvalue weighted by Gasteiger charge is 2.12. The van der Waals surface area contributed by atoms with Gasteiger partial charge in [-0.2, -0.15) is 0 Å². The summed E-state index contributed by atoms with van der Waals surface area (Å²) in [6, 6.07) is 12.4. The van der Waals surface area contributed by atoms with Crippen LogP contribution in [-0.2, 0) is 6.54 Å². The van der Waals surface area contributed by atoms with Crippen molar-refractivity contribution in [2.75, 3.05) is 7.11 Å². The normalized spacial score (nSPS) is 10.2. The molecule has 0 fully saturated rings. The molecule has 0 bridgehead atoms. The first kappa shape index (κ1) is 14.7. The van der Waals surface area contributed by atoms with Gasteiger partial charge in [0, 0.05) is 12.1 Å². The molecule has 0 atom stereocenters. The number of hydrogen-bond donors (Lipinski definition) is 1. The standard InChI is InChI=1S/C15H13Cl2NO2/c1-20-13-8-3-2-5-10(13)9-18-15(19)11-6-4-7-12(16)14(11)17/h2-8H,9H2,1H3,(H,18,19). The summed E-state index contributed by atoms with van der Waals surface area (Å²) in [5, 5.41) is 3.41. The van der Waals surface area contributed by atoms with E-state index in [1.54, 1.807) is 25.3 Å². The number of carbonyl (C=O) groups is 1. The van der Waals surface area contributed by atoms with Gasteiger partial charge in [-0.15, -0.1) is 0 Å². The maximum absolute atomic E-state index is 12.1. The second kappa shape index (κ2) is 6.64. The van der Waals surface area contributed by atoms with Gasteiger partial charge in [0.05, 0.1) is 22.7 Å². The second-order valence-corrected chi connectivity index (χ2v) is 4.88. The Balaban J connectivity index is 2.11. The van der Waals surface area contributed by atoms with Crippen LogP contribution in [0.3, 0.4) is 0 Å². The lowest BCUT2D eigenvalue weighted by Gasteiger charge is -2.10. The minimum atomic E-state index is -0.275. The highest BCUT2D eigenvalue weighted by molar-refractivity contribution is 6.43. The van der Waals surface area contributed by atoms with Crippen LogP contribution in [0.15, 0.2) is 42.5 Å². The Morgan fingerprint density at radius 3 is 2.65 bits per heavy atom. The lowest BCUT2D eigenvalue weighted by atomic mass is 10.1. The second-order valence-electron chi connectivity index (χ2n) is 4.10. The zero-order valence-electron chi connectivity index (χ0n) is 10.8. The molecule has 5 heteroatoms. The van der Waals surface area contributed by atoms with Crippen molar-refractivity contribution in [3.63, 3.8) is 0 Å². The van der Waals surface area contributed by atoms with Crippen molar-refractivity contribution < 1.29 is 9.53 Å². The van der Waals surface area contributed by atoms with Gasteiger partial charge in [-0.3, -0.25) is 4.79 Å². The molecule has 3 nitrogen and oxygen atoms in total. The van der Waals surface area contributed by atoms with Crippen molar-refractivity contribution in [2.24, 2.45) is 0 Å². The van der Waals surface area contributed by atoms with Gasteiger partial charge in [0.15, 0.2) is 0 Å². The molecule has 0 radical (unpaired) electrons. The number of rotatable bonds is 4. The van der Waals surface area contributed by atoms with E-state index in [0.717, 1.165) is 11.3 Å². The van der Waals surface area contributed by atoms with Gasteiger partial charge < -0.3 is 10.1 Å². The van der Waals surface area contributed by atoms with Gasteiger partial charge in [0.25, 0.3) is 5.91 Å². The van der Waals surface area contributed by atoms with Crippen LogP contribution in [0, 0.1) is 0 Å². The number of methoxy groups -OCH3 is 1. The monoisotopic (exact) mass is 309 g/mol. The van der Waals surface area contributed by atoms with Crippen LogP contribution in [0.2, 0.25) is 10.0 Å². The first-order valence-corrected chi connectivity index (χ1v) is 6.73. The van der Waals surface area contributed by atoms with Crippen LogP contribution in [0.5, 0.6) is 5.75 Å². The molecule has 0 aliphatic rings. The predicted octanol–water partition coefficient (Wildman–Crippen LogP) is 3.93. The molecule has 0 spiro atoms. The molecule has 2 aromatic rings. The van der Waals surface area contributed by atoms with Crippen molar-refractivity contribution in [3.05, 3.63) is 63.6 Å². The van der Waals surface area contributed by atoms with Crippen molar-refractivity contribution in [1.29, 1.82) is 0 Å². The predicted molar refractivity (Wildman–Crippen MR) is 80.6 cm³/mol. The van der Waals surface area contributed by atoms with E-state index >= 15 is 0 Å². The summed E-state index contributed by atoms with van der Waals surface area (Å²) >= 11 is 11.9. The van der Waals surface area contributed by atoms with Gasteiger partial charge in [-0.05, 0) is 18.2 Å². The molecule has 0 saturated carbocycles. The molecule has 0 saturated heterocycles. The molecule has 0 aromatic heterocycles. The average molecular weight is 310 g/mol. The molecule has 0 aliphatic carbocycles. The molecule has 104 valence electrons. The summed E-state index contributed by atoms with van der Waals surface area (Å²) in [5.41, 5.74) is 1.25. The summed E-state index contributed by atoms with van der Waals surface area (Å²) in [5.74, 6) is 0.452. The first-order chi connectivity index (χ1) is 9.63. The van der Waals surface area contributed by atoms with E-state index in [1.165, 1.54) is 0 Å². The Morgan fingerprint density at radius 1 is 1.15 bits per heavy atom. The van der Waals surface area contributed by atoms with Crippen molar-refractivity contribution >= 4 is 29.1 Å². The lowest BCUT2D eigenvalue weighted by Crippen LogP contribution is -2.23. The third kappa shape index (κ3) is 3.24. The molecule has 0 aliphatic heterocycles. The largest absolute Gasteiger partial charge is 0.496 e. The summed E-state index contributed by atoms with van der Waals surface area (Å²) in [7, 11) is 1.59. The van der Waals surface area contributed by atoms with Gasteiger partial charge >= 0.3 is 0 Å². The van der Waals surface area contributed by atoms with Gasteiger partial charge in [-0.25, -0.2) is 0 Å². The average Bonchev–Trinajstić information content (AvgIpc) is 2.48. The summed E-state index contributed by atoms with van der Waals surface area (Å²) in [6.07, 6.45) is 0. The number of benzene rings is 2. The smallest absolute Gasteiger partial charge is 0.253 e. The maximum atomic E-state index is 12.1. The zero-order chi connectivity index (χ0) is 14.5. The number of nitrogens with one attached hydrogen (secondary N) is 1. The van der Waals surface area contributed by atoms with E-state index in [0.29, 0.717) is 17.1 Å². The van der Waals surface area contributed by atoms with Crippen molar-refractivity contribution in [2.45, 2.75) is 6.54 Å². The number of hydrogen-bond acceptors (Lipinski definition) is 2. The van der Waals surface area contributed by atoms with E-state index < -0.39 is 0 Å². The van der Waals surface area contributed by atoms with E-state index in [9.17, 15) is 4.79 Å². The Bertz CT molecular complexity index is 629. The minimum Gasteiger partial charge on any atom is -0.496 e. The fraction of sp³-hybridized carbons (Fsp3) is 0.133. The number of carbonyl (C=O) groups excluding carboxylic acids is 1. The van der Waals surface area contributed by atoms with Crippen LogP contribution in [-0.4, -0.2) is 13.0 Å². The van der Waals surface area contributed by atoms with Gasteiger partial charge in [0.2, 0.25) is 0 Å². The molecule has 0 unspecified atom stereocenters. The fourth-order valence-corrected chi connectivity index (χ4v) is 2.19. The molecule has 1 N–H and O–H groups in total. The van der Waals surface area contributed by atoms with Crippen LogP contribution in [0.4, 0.5) is 0 Å². The van der Waals surface area contributed by atoms with Gasteiger partial charge in [0.1, 0.15) is 5.75 Å². The number of amides is 1. The Morgan fingerprint density at radius 2 is 1.90 bits per heavy atom. The Kier molecular flexibility index (Phi) is 4.88. The lowest BCUT2D eigenvalue weighted by molar-refractivity contribution is 0.0951. The highest BCUT2D eigenvalue weighted by Crippen LogP contribution is 2.25. The van der Waals surface area contributed by atoms with E-state index in [1.807, 2.05) is 24.3 Å². The fourth-order valence-electron chi connectivity index (χ4n) is 1.80. The van der Waals surface area contributed by atoms with E-state index in [4.69, 9.17) is 27.9 Å². The molecule has 2 aromatic carbocycles. The van der Waals surface area contributed by atoms with Crippen LogP contribution < -0.4 is 10.1 Å². The minimum absolute atomic E-state index is 0.256. The van der Waals surface area contributed by atoms with Crippen LogP contribution >= 0.6 is 23.2 Å². The highest BCUT2D eigenvalue weighted by atomic mass is 35.5. The maximum Gasteiger partial charge on any atom is 0.253 e. The Hall–Kier alpha value is -1.71. The molecule has 20 heavy (non-hydrogen) atoms. The summed E-state index contributed by atoms with van der Waals surface area (Å²) in [6.45, 7) is 0.353. The molecular weight excluding hydrogens is 297 g/mol. The van der Waals surface area contributed by atoms with Crippen LogP contribution in [0.1, 0.15) is 15.9 Å². The zero-order valence-corrected chi connectivity index (χ0v) is 12.3. The quantitative estimate of drug-likeness (QED) is 0.929. The molecule has 1 amide bonds. The number of para-hydroxylation sites is 1. The number of halogens is 2. The molecular formula is C15H13Cl2NO2. The SMILES string of the molecule is COc1ccccc1CNC(=O)c1cccc(Cl)c1Cl. The van der Waals surface area contributed by atoms with E-state index in [-0.39, 0.29) is 10.9 Å². The van der Waals surface area contributed by atoms with Gasteiger partial charge in [-0.1, -0.05) is 47.5 Å². The third-order valence-electron chi connectivity index (χ3n) is 2.83. The molecule has 0 heterocycles. The topological polar surface area (TPSA) is 38.3 Å². The van der Waals surface area contributed by atoms with Crippen LogP contribution in [0.25, 0.3) is 0 Å². The summed E-state index contributed by atoms with van der Waals surface area (Å²) < 4.78 is 5.23. The van der Waals surface area contributed by atoms with Crippen molar-refractivity contribution in [3.8, 4) is 5.75 Å². The third-order valence-corrected chi connectivity index (χ3v) is 3.65. The van der Waals surface area contributed by atoms with E-state index in [2.05, 4.69) is 5.32 Å².